The van der Waals surface area contributed by atoms with Gasteiger partial charge < -0.3 is 19.8 Å². The molecule has 2 heterocycles. The van der Waals surface area contributed by atoms with E-state index < -0.39 is 0 Å². The van der Waals surface area contributed by atoms with Gasteiger partial charge in [-0.2, -0.15) is 0 Å². The Kier molecular flexibility index (Phi) is 10.9. The van der Waals surface area contributed by atoms with Gasteiger partial charge in [0.1, 0.15) is 5.76 Å². The molecule has 0 saturated carbocycles. The van der Waals surface area contributed by atoms with E-state index in [4.69, 9.17) is 14.1 Å². The van der Waals surface area contributed by atoms with Crippen LogP contribution in [0.2, 0.25) is 0 Å². The van der Waals surface area contributed by atoms with Crippen molar-refractivity contribution in [2.45, 2.75) is 39.0 Å². The van der Waals surface area contributed by atoms with Gasteiger partial charge in [0, 0.05) is 43.8 Å². The molecule has 0 aliphatic heterocycles. The molecular formula is C19H31IN4O2S. The second-order valence-electron chi connectivity index (χ2n) is 7.05. The van der Waals surface area contributed by atoms with Crippen LogP contribution < -0.4 is 10.6 Å². The van der Waals surface area contributed by atoms with Gasteiger partial charge in [-0.1, -0.05) is 20.8 Å². The lowest BCUT2D eigenvalue weighted by Crippen LogP contribution is -2.39. The second kappa shape index (κ2) is 12.4. The van der Waals surface area contributed by atoms with Gasteiger partial charge in [0.15, 0.2) is 5.96 Å². The molecule has 0 aliphatic carbocycles. The number of halogens is 1. The molecule has 0 spiro atoms. The summed E-state index contributed by atoms with van der Waals surface area (Å²) in [6.45, 7) is 9.35. The first-order valence-electron chi connectivity index (χ1n) is 8.97. The fraction of sp³-hybridized carbons (Fsp3) is 0.579. The Balaban J connectivity index is 0.00000364. The largest absolute Gasteiger partial charge is 0.469 e. The van der Waals surface area contributed by atoms with Gasteiger partial charge in [0.05, 0.1) is 30.1 Å². The minimum Gasteiger partial charge on any atom is -0.469 e. The lowest BCUT2D eigenvalue weighted by Gasteiger charge is -2.14. The molecule has 0 bridgehead atoms. The molecule has 0 aromatic carbocycles. The van der Waals surface area contributed by atoms with Crippen molar-refractivity contribution < 1.29 is 9.15 Å². The zero-order valence-corrected chi connectivity index (χ0v) is 19.7. The van der Waals surface area contributed by atoms with Crippen molar-refractivity contribution in [3.8, 4) is 0 Å². The summed E-state index contributed by atoms with van der Waals surface area (Å²) < 4.78 is 10.4. The van der Waals surface area contributed by atoms with Crippen LogP contribution in [0.1, 0.15) is 37.2 Å². The van der Waals surface area contributed by atoms with Crippen molar-refractivity contribution >= 4 is 41.3 Å². The van der Waals surface area contributed by atoms with Crippen molar-refractivity contribution in [2.75, 3.05) is 33.4 Å². The standard InChI is InChI=1S/C19H30N4O2S.HI/c1-19(2,3)17-23-15(14-26-17)7-9-20-18(22-11-13-24-4)21-10-8-16-6-5-12-25-16;/h5-6,12,14H,7-11,13H2,1-4H3,(H2,20,21,22);1H. The highest BCUT2D eigenvalue weighted by Gasteiger charge is 2.17. The van der Waals surface area contributed by atoms with Crippen LogP contribution in [0, 0.1) is 0 Å². The molecule has 0 radical (unpaired) electrons. The number of aliphatic imine (C=N–C) groups is 1. The Morgan fingerprint density at radius 2 is 2.00 bits per heavy atom. The molecule has 8 heteroatoms. The first kappa shape index (κ1) is 23.9. The van der Waals surface area contributed by atoms with Crippen LogP contribution in [0.4, 0.5) is 0 Å². The van der Waals surface area contributed by atoms with E-state index >= 15 is 0 Å². The highest BCUT2D eigenvalue weighted by Crippen LogP contribution is 2.25. The van der Waals surface area contributed by atoms with Crippen LogP contribution >= 0.6 is 35.3 Å². The molecule has 2 aromatic rings. The Labute approximate surface area is 183 Å². The molecule has 152 valence electrons. The van der Waals surface area contributed by atoms with Gasteiger partial charge in [0.2, 0.25) is 0 Å². The highest BCUT2D eigenvalue weighted by molar-refractivity contribution is 14.0. The third kappa shape index (κ3) is 9.07. The van der Waals surface area contributed by atoms with E-state index in [-0.39, 0.29) is 29.4 Å². The van der Waals surface area contributed by atoms with Crippen LogP contribution in [0.5, 0.6) is 0 Å². The van der Waals surface area contributed by atoms with Gasteiger partial charge in [-0.15, -0.1) is 35.3 Å². The molecule has 6 nitrogen and oxygen atoms in total. The van der Waals surface area contributed by atoms with E-state index in [2.05, 4.69) is 41.8 Å². The van der Waals surface area contributed by atoms with Crippen molar-refractivity contribution in [3.05, 3.63) is 40.2 Å². The lowest BCUT2D eigenvalue weighted by atomic mass is 9.98. The lowest BCUT2D eigenvalue weighted by molar-refractivity contribution is 0.208. The van der Waals surface area contributed by atoms with Crippen LogP contribution in [-0.2, 0) is 23.0 Å². The number of aromatic nitrogens is 1. The Bertz CT molecular complexity index is 666. The maximum absolute atomic E-state index is 5.36. The van der Waals surface area contributed by atoms with Crippen molar-refractivity contribution in [3.63, 3.8) is 0 Å². The third-order valence-corrected chi connectivity index (χ3v) is 4.99. The number of hydrogen-bond acceptors (Lipinski definition) is 5. The Morgan fingerprint density at radius 3 is 2.59 bits per heavy atom. The number of nitrogens with one attached hydrogen (secondary N) is 2. The van der Waals surface area contributed by atoms with E-state index in [1.165, 1.54) is 5.01 Å². The van der Waals surface area contributed by atoms with Gasteiger partial charge in [0.25, 0.3) is 0 Å². The minimum atomic E-state index is 0. The maximum atomic E-state index is 5.36. The summed E-state index contributed by atoms with van der Waals surface area (Å²) in [6.07, 6.45) is 3.38. The molecule has 27 heavy (non-hydrogen) atoms. The topological polar surface area (TPSA) is 71.7 Å². The summed E-state index contributed by atoms with van der Waals surface area (Å²) in [6, 6.07) is 3.88. The van der Waals surface area contributed by atoms with E-state index in [1.807, 2.05) is 12.1 Å². The summed E-state index contributed by atoms with van der Waals surface area (Å²) in [4.78, 5) is 9.26. The third-order valence-electron chi connectivity index (χ3n) is 3.68. The number of thiazole rings is 1. The SMILES string of the molecule is COCCN=C(NCCc1csc(C(C)(C)C)n1)NCCc1ccco1.I. The average molecular weight is 506 g/mol. The van der Waals surface area contributed by atoms with E-state index in [9.17, 15) is 0 Å². The predicted molar refractivity (Wildman–Crippen MR) is 123 cm³/mol. The quantitative estimate of drug-likeness (QED) is 0.235. The monoisotopic (exact) mass is 506 g/mol. The normalized spacial score (nSPS) is 11.9. The Hall–Kier alpha value is -1.13. The number of methoxy groups -OCH3 is 1. The molecule has 0 amide bonds. The number of ether oxygens (including phenoxy) is 1. The number of furan rings is 1. The summed E-state index contributed by atoms with van der Waals surface area (Å²) in [5.41, 5.74) is 1.23. The molecule has 2 N–H and O–H groups in total. The molecule has 0 saturated heterocycles. The van der Waals surface area contributed by atoms with Crippen LogP contribution in [0.3, 0.4) is 0 Å². The van der Waals surface area contributed by atoms with Gasteiger partial charge >= 0.3 is 0 Å². The number of rotatable bonds is 9. The van der Waals surface area contributed by atoms with E-state index in [0.29, 0.717) is 13.2 Å². The molecule has 2 aromatic heterocycles. The van der Waals surface area contributed by atoms with Crippen molar-refractivity contribution in [1.29, 1.82) is 0 Å². The zero-order chi connectivity index (χ0) is 18.8. The Morgan fingerprint density at radius 1 is 1.26 bits per heavy atom. The summed E-state index contributed by atoms with van der Waals surface area (Å²) in [7, 11) is 1.68. The average Bonchev–Trinajstić information content (AvgIpc) is 3.25. The zero-order valence-electron chi connectivity index (χ0n) is 16.6. The predicted octanol–water partition coefficient (Wildman–Crippen LogP) is 3.62. The highest BCUT2D eigenvalue weighted by atomic mass is 127. The van der Waals surface area contributed by atoms with Crippen molar-refractivity contribution in [1.82, 2.24) is 15.6 Å². The van der Waals surface area contributed by atoms with E-state index in [0.717, 1.165) is 43.3 Å². The molecule has 0 atom stereocenters. The number of hydrogen-bond donors (Lipinski definition) is 2. The molecular weight excluding hydrogens is 475 g/mol. The maximum Gasteiger partial charge on any atom is 0.191 e. The summed E-state index contributed by atoms with van der Waals surface area (Å²) >= 11 is 1.73. The van der Waals surface area contributed by atoms with Crippen LogP contribution in [0.25, 0.3) is 0 Å². The smallest absolute Gasteiger partial charge is 0.191 e. The second-order valence-corrected chi connectivity index (χ2v) is 7.91. The number of nitrogens with zero attached hydrogens (tertiary/aromatic N) is 2. The molecule has 0 aliphatic rings. The molecule has 2 rings (SSSR count). The molecule has 0 fully saturated rings. The van der Waals surface area contributed by atoms with Crippen LogP contribution in [0.15, 0.2) is 33.2 Å². The fourth-order valence-corrected chi connectivity index (χ4v) is 3.20. The number of guanidine groups is 1. The first-order chi connectivity index (χ1) is 12.5. The van der Waals surface area contributed by atoms with Crippen molar-refractivity contribution in [2.24, 2.45) is 4.99 Å². The van der Waals surface area contributed by atoms with Gasteiger partial charge in [-0.05, 0) is 12.1 Å². The van der Waals surface area contributed by atoms with Gasteiger partial charge in [-0.25, -0.2) is 4.98 Å². The molecule has 0 unspecified atom stereocenters. The van der Waals surface area contributed by atoms with Gasteiger partial charge in [-0.3, -0.25) is 4.99 Å². The first-order valence-corrected chi connectivity index (χ1v) is 9.85. The fourth-order valence-electron chi connectivity index (χ4n) is 2.26. The van der Waals surface area contributed by atoms with Crippen LogP contribution in [-0.4, -0.2) is 44.3 Å². The van der Waals surface area contributed by atoms with E-state index in [1.54, 1.807) is 24.7 Å². The minimum absolute atomic E-state index is 0. The summed E-state index contributed by atoms with van der Waals surface area (Å²) in [5.74, 6) is 1.76. The summed E-state index contributed by atoms with van der Waals surface area (Å²) in [5, 5.41) is 10.0.